The molecule has 0 amide bonds. The Morgan fingerprint density at radius 1 is 1.04 bits per heavy atom. The summed E-state index contributed by atoms with van der Waals surface area (Å²) in [6.45, 7) is 1.10. The van der Waals surface area contributed by atoms with Crippen LogP contribution in [0.5, 0.6) is 17.2 Å². The number of esters is 1. The monoisotopic (exact) mass is 342 g/mol. The largest absolute Gasteiger partial charge is 0.496 e. The maximum absolute atomic E-state index is 12.9. The molecule has 0 unspecified atom stereocenters. The van der Waals surface area contributed by atoms with Gasteiger partial charge in [0.25, 0.3) is 5.78 Å². The van der Waals surface area contributed by atoms with Gasteiger partial charge < -0.3 is 14.2 Å². The van der Waals surface area contributed by atoms with Gasteiger partial charge in [0.1, 0.15) is 17.2 Å². The molecule has 0 heterocycles. The smallest absolute Gasteiger partial charge is 0.455 e. The molecule has 2 aromatic carbocycles. The summed E-state index contributed by atoms with van der Waals surface area (Å²) in [6, 6.07) is 5.42. The predicted octanol–water partition coefficient (Wildman–Crippen LogP) is 3.53. The van der Waals surface area contributed by atoms with Crippen molar-refractivity contribution in [1.29, 1.82) is 0 Å². The molecule has 5 nitrogen and oxygen atoms in total. The van der Waals surface area contributed by atoms with Crippen LogP contribution < -0.4 is 14.2 Å². The van der Waals surface area contributed by atoms with Crippen LogP contribution in [-0.2, 0) is 4.79 Å². The van der Waals surface area contributed by atoms with Crippen molar-refractivity contribution in [2.75, 3.05) is 14.2 Å². The van der Waals surface area contributed by atoms with Gasteiger partial charge in [-0.2, -0.15) is 13.2 Å². The number of Topliss-reactive ketones (excluding diaryl/α,β-unsaturated/α-hetero) is 1. The van der Waals surface area contributed by atoms with E-state index in [-0.39, 0.29) is 28.0 Å². The molecule has 0 fully saturated rings. The maximum Gasteiger partial charge on any atom is 0.455 e. The normalized spacial score (nSPS) is 11.2. The zero-order chi connectivity index (χ0) is 18.1. The van der Waals surface area contributed by atoms with Crippen LogP contribution in [0.4, 0.5) is 13.2 Å². The first-order valence-electron chi connectivity index (χ1n) is 6.68. The van der Waals surface area contributed by atoms with Crippen molar-refractivity contribution < 1.29 is 37.0 Å². The lowest BCUT2D eigenvalue weighted by atomic mass is 10.00. The summed E-state index contributed by atoms with van der Waals surface area (Å²) in [5, 5.41) is 0.383. The minimum atomic E-state index is -5.11. The van der Waals surface area contributed by atoms with Gasteiger partial charge in [-0.25, -0.2) is 0 Å². The summed E-state index contributed by atoms with van der Waals surface area (Å²) in [5.41, 5.74) is -0.766. The zero-order valence-corrected chi connectivity index (χ0v) is 13.0. The lowest BCUT2D eigenvalue weighted by Crippen LogP contribution is -2.23. The first-order chi connectivity index (χ1) is 11.2. The summed E-state index contributed by atoms with van der Waals surface area (Å²) < 4.78 is 53.8. The number of ketones is 1. The summed E-state index contributed by atoms with van der Waals surface area (Å²) in [6.07, 6.45) is -5.11. The first kappa shape index (κ1) is 17.6. The third-order valence-corrected chi connectivity index (χ3v) is 3.22. The topological polar surface area (TPSA) is 61.8 Å². The van der Waals surface area contributed by atoms with Crippen molar-refractivity contribution in [2.24, 2.45) is 0 Å². The lowest BCUT2D eigenvalue weighted by molar-refractivity contribution is -0.131. The van der Waals surface area contributed by atoms with Gasteiger partial charge in [0.05, 0.1) is 25.2 Å². The number of hydrogen-bond donors (Lipinski definition) is 0. The summed E-state index contributed by atoms with van der Waals surface area (Å²) in [7, 11) is 2.46. The lowest BCUT2D eigenvalue weighted by Gasteiger charge is -2.17. The van der Waals surface area contributed by atoms with Crippen LogP contribution in [0.15, 0.2) is 24.3 Å². The standard InChI is InChI=1S/C16H13F3O5/c1-8(20)24-12-7-10(15(21)16(17,18)19)14(23-3)13-9(12)5-4-6-11(13)22-2/h4-7H,1-3H3. The fourth-order valence-corrected chi connectivity index (χ4v) is 2.32. The van der Waals surface area contributed by atoms with E-state index < -0.39 is 23.5 Å². The molecule has 0 aliphatic rings. The maximum atomic E-state index is 12.9. The molecule has 0 spiro atoms. The number of halogens is 3. The first-order valence-corrected chi connectivity index (χ1v) is 6.68. The molecule has 0 aliphatic heterocycles. The fraction of sp³-hybridized carbons (Fsp3) is 0.250. The quantitative estimate of drug-likeness (QED) is 0.483. The Bertz CT molecular complexity index is 811. The van der Waals surface area contributed by atoms with E-state index in [1.165, 1.54) is 19.2 Å². The zero-order valence-electron chi connectivity index (χ0n) is 13.0. The van der Waals surface area contributed by atoms with Gasteiger partial charge in [-0.15, -0.1) is 0 Å². The van der Waals surface area contributed by atoms with Crippen molar-refractivity contribution in [2.45, 2.75) is 13.1 Å². The molecule has 0 bridgehead atoms. The minimum Gasteiger partial charge on any atom is -0.496 e. The molecule has 0 N–H and O–H groups in total. The van der Waals surface area contributed by atoms with Crippen molar-refractivity contribution in [3.05, 3.63) is 29.8 Å². The van der Waals surface area contributed by atoms with Crippen LogP contribution >= 0.6 is 0 Å². The number of rotatable bonds is 4. The summed E-state index contributed by atoms with van der Waals surface area (Å²) in [4.78, 5) is 23.0. The van der Waals surface area contributed by atoms with Crippen molar-refractivity contribution in [3.8, 4) is 17.2 Å². The second-order valence-electron chi connectivity index (χ2n) is 4.76. The van der Waals surface area contributed by atoms with E-state index in [4.69, 9.17) is 14.2 Å². The average Bonchev–Trinajstić information content (AvgIpc) is 2.51. The predicted molar refractivity (Wildman–Crippen MR) is 78.7 cm³/mol. The average molecular weight is 342 g/mol. The third-order valence-electron chi connectivity index (χ3n) is 3.22. The minimum absolute atomic E-state index is 0.105. The fourth-order valence-electron chi connectivity index (χ4n) is 2.32. The second-order valence-corrected chi connectivity index (χ2v) is 4.76. The van der Waals surface area contributed by atoms with Crippen LogP contribution in [0.3, 0.4) is 0 Å². The van der Waals surface area contributed by atoms with Gasteiger partial charge in [-0.05, 0) is 12.1 Å². The molecular weight excluding hydrogens is 329 g/mol. The third kappa shape index (κ3) is 3.12. The molecule has 0 radical (unpaired) electrons. The van der Waals surface area contributed by atoms with E-state index >= 15 is 0 Å². The highest BCUT2D eigenvalue weighted by molar-refractivity contribution is 6.11. The number of methoxy groups -OCH3 is 2. The Morgan fingerprint density at radius 3 is 2.21 bits per heavy atom. The van der Waals surface area contributed by atoms with E-state index in [0.29, 0.717) is 0 Å². The number of hydrogen-bond acceptors (Lipinski definition) is 5. The summed E-state index contributed by atoms with van der Waals surface area (Å²) >= 11 is 0. The van der Waals surface area contributed by atoms with E-state index in [1.54, 1.807) is 6.07 Å². The van der Waals surface area contributed by atoms with Crippen molar-refractivity contribution in [3.63, 3.8) is 0 Å². The van der Waals surface area contributed by atoms with Gasteiger partial charge in [0.2, 0.25) is 0 Å². The molecular formula is C16H13F3O5. The van der Waals surface area contributed by atoms with Crippen LogP contribution in [0, 0.1) is 0 Å². The molecule has 2 rings (SSSR count). The number of alkyl halides is 3. The number of ether oxygens (including phenoxy) is 3. The molecule has 0 saturated heterocycles. The number of benzene rings is 2. The van der Waals surface area contributed by atoms with Crippen molar-refractivity contribution >= 4 is 22.5 Å². The van der Waals surface area contributed by atoms with E-state index in [9.17, 15) is 22.8 Å². The molecule has 0 aliphatic carbocycles. The van der Waals surface area contributed by atoms with Gasteiger partial charge in [-0.3, -0.25) is 9.59 Å². The van der Waals surface area contributed by atoms with Gasteiger partial charge in [0, 0.05) is 12.3 Å². The molecule has 0 aromatic heterocycles. The molecule has 128 valence electrons. The number of carbonyl (C=O) groups is 2. The summed E-state index contributed by atoms with van der Waals surface area (Å²) in [5.74, 6) is -3.17. The molecule has 0 atom stereocenters. The Morgan fingerprint density at radius 2 is 1.71 bits per heavy atom. The Labute approximate surface area is 134 Å². The van der Waals surface area contributed by atoms with Crippen LogP contribution in [0.2, 0.25) is 0 Å². The van der Waals surface area contributed by atoms with Gasteiger partial charge in [0.15, 0.2) is 0 Å². The van der Waals surface area contributed by atoms with E-state index in [2.05, 4.69) is 0 Å². The Hall–Kier alpha value is -2.77. The van der Waals surface area contributed by atoms with Crippen LogP contribution in [0.1, 0.15) is 17.3 Å². The highest BCUT2D eigenvalue weighted by Crippen LogP contribution is 2.43. The van der Waals surface area contributed by atoms with Crippen molar-refractivity contribution in [1.82, 2.24) is 0 Å². The van der Waals surface area contributed by atoms with Gasteiger partial charge >= 0.3 is 12.1 Å². The Kier molecular flexibility index (Phi) is 4.68. The SMILES string of the molecule is COc1cccc2c(OC(C)=O)cc(C(=O)C(F)(F)F)c(OC)c12. The Balaban J connectivity index is 2.92. The highest BCUT2D eigenvalue weighted by Gasteiger charge is 2.42. The van der Waals surface area contributed by atoms with Crippen LogP contribution in [-0.4, -0.2) is 32.1 Å². The molecule has 2 aromatic rings. The number of carbonyl (C=O) groups excluding carboxylic acids is 2. The molecule has 8 heteroatoms. The van der Waals surface area contributed by atoms with E-state index in [0.717, 1.165) is 20.1 Å². The second kappa shape index (κ2) is 6.38. The van der Waals surface area contributed by atoms with E-state index in [1.807, 2.05) is 0 Å². The molecule has 0 saturated carbocycles. The van der Waals surface area contributed by atoms with Gasteiger partial charge in [-0.1, -0.05) is 12.1 Å². The highest BCUT2D eigenvalue weighted by atomic mass is 19.4. The molecule has 24 heavy (non-hydrogen) atoms. The number of fused-ring (bicyclic) bond motifs is 1. The van der Waals surface area contributed by atoms with Crippen LogP contribution in [0.25, 0.3) is 10.8 Å².